The number of rotatable bonds is 2. The molecule has 1 amide bonds. The van der Waals surface area contributed by atoms with Crippen molar-refractivity contribution in [3.8, 4) is 0 Å². The SMILES string of the molecule is O=C(Nc1ccc(Br)s1)C1CCCN1. The third-order valence-electron chi connectivity index (χ3n) is 2.20. The fourth-order valence-electron chi connectivity index (χ4n) is 1.50. The van der Waals surface area contributed by atoms with Crippen LogP contribution in [0.2, 0.25) is 0 Å². The summed E-state index contributed by atoms with van der Waals surface area (Å²) < 4.78 is 1.03. The monoisotopic (exact) mass is 274 g/mol. The number of hydrogen-bond acceptors (Lipinski definition) is 3. The molecule has 1 atom stereocenters. The van der Waals surface area contributed by atoms with Gasteiger partial charge in [-0.05, 0) is 47.4 Å². The minimum Gasteiger partial charge on any atom is -0.316 e. The summed E-state index contributed by atoms with van der Waals surface area (Å²) in [6.45, 7) is 0.951. The second-order valence-electron chi connectivity index (χ2n) is 3.24. The summed E-state index contributed by atoms with van der Waals surface area (Å²) in [7, 11) is 0. The summed E-state index contributed by atoms with van der Waals surface area (Å²) in [5.74, 6) is 0.0804. The fourth-order valence-corrected chi connectivity index (χ4v) is 2.79. The average Bonchev–Trinajstić information content (AvgIpc) is 2.75. The lowest BCUT2D eigenvalue weighted by Crippen LogP contribution is -2.35. The van der Waals surface area contributed by atoms with Crippen molar-refractivity contribution in [1.82, 2.24) is 5.32 Å². The first-order valence-electron chi connectivity index (χ1n) is 4.55. The zero-order chi connectivity index (χ0) is 9.97. The normalized spacial score (nSPS) is 21.1. The van der Waals surface area contributed by atoms with Gasteiger partial charge in [-0.3, -0.25) is 4.79 Å². The van der Waals surface area contributed by atoms with E-state index in [1.165, 1.54) is 11.3 Å². The van der Waals surface area contributed by atoms with Gasteiger partial charge in [-0.15, -0.1) is 11.3 Å². The van der Waals surface area contributed by atoms with Crippen LogP contribution in [0.3, 0.4) is 0 Å². The van der Waals surface area contributed by atoms with Crippen molar-refractivity contribution in [2.24, 2.45) is 0 Å². The number of anilines is 1. The van der Waals surface area contributed by atoms with Crippen LogP contribution in [0.15, 0.2) is 15.9 Å². The van der Waals surface area contributed by atoms with Crippen LogP contribution in [0, 0.1) is 0 Å². The lowest BCUT2D eigenvalue weighted by atomic mass is 10.2. The van der Waals surface area contributed by atoms with E-state index in [1.807, 2.05) is 12.1 Å². The molecule has 0 aliphatic carbocycles. The first-order valence-corrected chi connectivity index (χ1v) is 6.16. The van der Waals surface area contributed by atoms with E-state index in [4.69, 9.17) is 0 Å². The minimum absolute atomic E-state index is 0.00382. The number of carbonyl (C=O) groups is 1. The quantitative estimate of drug-likeness (QED) is 0.868. The fraction of sp³-hybridized carbons (Fsp3) is 0.444. The van der Waals surface area contributed by atoms with E-state index in [2.05, 4.69) is 26.6 Å². The van der Waals surface area contributed by atoms with Gasteiger partial charge in [-0.25, -0.2) is 0 Å². The Morgan fingerprint density at radius 1 is 1.64 bits per heavy atom. The van der Waals surface area contributed by atoms with Gasteiger partial charge < -0.3 is 10.6 Å². The van der Waals surface area contributed by atoms with Gasteiger partial charge in [-0.1, -0.05) is 0 Å². The molecule has 1 aromatic rings. The van der Waals surface area contributed by atoms with Gasteiger partial charge in [0.1, 0.15) is 0 Å². The predicted molar refractivity (Wildman–Crippen MR) is 61.7 cm³/mol. The topological polar surface area (TPSA) is 41.1 Å². The summed E-state index contributed by atoms with van der Waals surface area (Å²) in [6.07, 6.45) is 2.03. The van der Waals surface area contributed by atoms with E-state index >= 15 is 0 Å². The highest BCUT2D eigenvalue weighted by Gasteiger charge is 2.21. The number of thiophene rings is 1. The van der Waals surface area contributed by atoms with E-state index in [9.17, 15) is 4.79 Å². The Hall–Kier alpha value is -0.390. The van der Waals surface area contributed by atoms with Gasteiger partial charge in [0.2, 0.25) is 5.91 Å². The van der Waals surface area contributed by atoms with E-state index in [0.717, 1.165) is 28.2 Å². The Bertz CT molecular complexity index is 333. The minimum atomic E-state index is -0.00382. The molecule has 3 nitrogen and oxygen atoms in total. The lowest BCUT2D eigenvalue weighted by Gasteiger charge is -2.08. The van der Waals surface area contributed by atoms with Crippen LogP contribution in [-0.2, 0) is 4.79 Å². The first-order chi connectivity index (χ1) is 6.75. The molecule has 2 N–H and O–H groups in total. The molecule has 76 valence electrons. The summed E-state index contributed by atoms with van der Waals surface area (Å²) in [4.78, 5) is 11.6. The highest BCUT2D eigenvalue weighted by atomic mass is 79.9. The van der Waals surface area contributed by atoms with Crippen LogP contribution in [0.4, 0.5) is 5.00 Å². The number of hydrogen-bond donors (Lipinski definition) is 2. The molecule has 1 fully saturated rings. The van der Waals surface area contributed by atoms with Gasteiger partial charge >= 0.3 is 0 Å². The predicted octanol–water partition coefficient (Wildman–Crippen LogP) is 2.20. The first kappa shape index (κ1) is 10.1. The van der Waals surface area contributed by atoms with Crippen LogP contribution in [0.25, 0.3) is 0 Å². The highest BCUT2D eigenvalue weighted by Crippen LogP contribution is 2.26. The molecule has 0 radical (unpaired) electrons. The molecule has 1 aliphatic rings. The van der Waals surface area contributed by atoms with Crippen molar-refractivity contribution in [2.75, 3.05) is 11.9 Å². The molecule has 0 aromatic carbocycles. The van der Waals surface area contributed by atoms with Crippen molar-refractivity contribution < 1.29 is 4.79 Å². The Morgan fingerprint density at radius 3 is 3.07 bits per heavy atom. The molecule has 2 rings (SSSR count). The molecule has 5 heteroatoms. The second kappa shape index (κ2) is 4.42. The standard InChI is InChI=1S/C9H11BrN2OS/c10-7-3-4-8(14-7)12-9(13)6-2-1-5-11-6/h3-4,6,11H,1-2,5H2,(H,12,13). The van der Waals surface area contributed by atoms with E-state index in [-0.39, 0.29) is 11.9 Å². The second-order valence-corrected chi connectivity index (χ2v) is 5.70. The smallest absolute Gasteiger partial charge is 0.242 e. The van der Waals surface area contributed by atoms with Crippen LogP contribution in [-0.4, -0.2) is 18.5 Å². The van der Waals surface area contributed by atoms with Gasteiger partial charge in [0.15, 0.2) is 0 Å². The summed E-state index contributed by atoms with van der Waals surface area (Å²) in [6, 6.07) is 3.83. The molecule has 0 spiro atoms. The maximum Gasteiger partial charge on any atom is 0.242 e. The Balaban J connectivity index is 1.93. The van der Waals surface area contributed by atoms with Crippen molar-refractivity contribution in [2.45, 2.75) is 18.9 Å². The zero-order valence-corrected chi connectivity index (χ0v) is 9.95. The van der Waals surface area contributed by atoms with Crippen LogP contribution in [0.1, 0.15) is 12.8 Å². The number of halogens is 1. The van der Waals surface area contributed by atoms with E-state index in [1.54, 1.807) is 0 Å². The van der Waals surface area contributed by atoms with Gasteiger partial charge in [0.05, 0.1) is 14.8 Å². The Morgan fingerprint density at radius 2 is 2.50 bits per heavy atom. The van der Waals surface area contributed by atoms with Gasteiger partial charge in [0, 0.05) is 0 Å². The molecule has 2 heterocycles. The van der Waals surface area contributed by atoms with E-state index in [0.29, 0.717) is 0 Å². The average molecular weight is 275 g/mol. The van der Waals surface area contributed by atoms with Gasteiger partial charge in [0.25, 0.3) is 0 Å². The Labute approximate surface area is 95.0 Å². The lowest BCUT2D eigenvalue weighted by molar-refractivity contribution is -0.117. The van der Waals surface area contributed by atoms with Crippen LogP contribution in [0.5, 0.6) is 0 Å². The van der Waals surface area contributed by atoms with E-state index < -0.39 is 0 Å². The number of amides is 1. The van der Waals surface area contributed by atoms with Crippen LogP contribution < -0.4 is 10.6 Å². The van der Waals surface area contributed by atoms with Gasteiger partial charge in [-0.2, -0.15) is 0 Å². The molecule has 0 bridgehead atoms. The number of carbonyl (C=O) groups excluding carboxylic acids is 1. The molecule has 0 saturated carbocycles. The number of nitrogens with one attached hydrogen (secondary N) is 2. The van der Waals surface area contributed by atoms with Crippen LogP contribution >= 0.6 is 27.3 Å². The van der Waals surface area contributed by atoms with Crippen molar-refractivity contribution >= 4 is 38.2 Å². The summed E-state index contributed by atoms with van der Waals surface area (Å²) in [5.41, 5.74) is 0. The molecule has 1 unspecified atom stereocenters. The maximum atomic E-state index is 11.6. The van der Waals surface area contributed by atoms with Crippen molar-refractivity contribution in [3.05, 3.63) is 15.9 Å². The molecular formula is C9H11BrN2OS. The summed E-state index contributed by atoms with van der Waals surface area (Å²) >= 11 is 4.89. The molecule has 1 aliphatic heterocycles. The third-order valence-corrected chi connectivity index (χ3v) is 3.74. The molecular weight excluding hydrogens is 264 g/mol. The molecule has 1 aromatic heterocycles. The molecule has 14 heavy (non-hydrogen) atoms. The Kier molecular flexibility index (Phi) is 3.20. The summed E-state index contributed by atoms with van der Waals surface area (Å²) in [5, 5.41) is 6.95. The zero-order valence-electron chi connectivity index (χ0n) is 7.55. The van der Waals surface area contributed by atoms with Crippen molar-refractivity contribution in [3.63, 3.8) is 0 Å². The van der Waals surface area contributed by atoms with Crippen molar-refractivity contribution in [1.29, 1.82) is 0 Å². The highest BCUT2D eigenvalue weighted by molar-refractivity contribution is 9.11. The largest absolute Gasteiger partial charge is 0.316 e. The maximum absolute atomic E-state index is 11.6. The molecule has 1 saturated heterocycles. The third kappa shape index (κ3) is 2.34.